The summed E-state index contributed by atoms with van der Waals surface area (Å²) in [7, 11) is 0. The van der Waals surface area contributed by atoms with Crippen LogP contribution in [-0.4, -0.2) is 37.0 Å². The van der Waals surface area contributed by atoms with Crippen molar-refractivity contribution < 1.29 is 4.79 Å². The number of rotatable bonds is 4. The highest BCUT2D eigenvalue weighted by atomic mass is 35.5. The van der Waals surface area contributed by atoms with Crippen LogP contribution in [0.15, 0.2) is 43.0 Å². The number of halogens is 1. The molecule has 2 N–H and O–H groups in total. The highest BCUT2D eigenvalue weighted by Crippen LogP contribution is 2.13. The van der Waals surface area contributed by atoms with E-state index in [1.807, 2.05) is 28.9 Å². The van der Waals surface area contributed by atoms with Crippen LogP contribution in [-0.2, 0) is 19.6 Å². The summed E-state index contributed by atoms with van der Waals surface area (Å²) in [5.74, 6) is -0.162. The van der Waals surface area contributed by atoms with E-state index in [2.05, 4.69) is 25.8 Å². The maximum absolute atomic E-state index is 12.6. The van der Waals surface area contributed by atoms with E-state index in [4.69, 9.17) is 0 Å². The zero-order valence-electron chi connectivity index (χ0n) is 13.4. The van der Waals surface area contributed by atoms with Gasteiger partial charge in [0, 0.05) is 13.1 Å². The van der Waals surface area contributed by atoms with E-state index >= 15 is 0 Å². The number of para-hydroxylation sites is 1. The topological polar surface area (TPSA) is 89.7 Å². The van der Waals surface area contributed by atoms with Gasteiger partial charge >= 0.3 is 0 Å². The minimum absolute atomic E-state index is 0. The molecule has 0 unspecified atom stereocenters. The Morgan fingerprint density at radius 1 is 1.32 bits per heavy atom. The summed E-state index contributed by atoms with van der Waals surface area (Å²) in [6, 6.07) is 9.33. The molecule has 4 rings (SSSR count). The third kappa shape index (κ3) is 3.54. The Morgan fingerprint density at radius 3 is 3.00 bits per heavy atom. The van der Waals surface area contributed by atoms with Crippen LogP contribution in [0.5, 0.6) is 0 Å². The first kappa shape index (κ1) is 17.1. The number of fused-ring (bicyclic) bond motifs is 1. The van der Waals surface area contributed by atoms with E-state index in [9.17, 15) is 4.79 Å². The molecular weight excluding hydrogens is 342 g/mol. The molecule has 0 fully saturated rings. The quantitative estimate of drug-likeness (QED) is 0.723. The molecule has 0 spiro atoms. The average molecular weight is 360 g/mol. The fourth-order valence-electron chi connectivity index (χ4n) is 2.80. The van der Waals surface area contributed by atoms with Crippen LogP contribution >= 0.6 is 12.4 Å². The van der Waals surface area contributed by atoms with Gasteiger partial charge in [0.05, 0.1) is 35.7 Å². The van der Waals surface area contributed by atoms with E-state index in [1.54, 1.807) is 17.1 Å². The molecule has 0 radical (unpaired) electrons. The minimum Gasteiger partial charge on any atom is -0.346 e. The van der Waals surface area contributed by atoms with Crippen molar-refractivity contribution in [1.82, 2.24) is 35.2 Å². The Balaban J connectivity index is 0.00000182. The largest absolute Gasteiger partial charge is 0.346 e. The van der Waals surface area contributed by atoms with Crippen molar-refractivity contribution in [3.05, 3.63) is 59.9 Å². The molecule has 1 amide bonds. The Labute approximate surface area is 150 Å². The molecule has 9 heteroatoms. The first-order valence-corrected chi connectivity index (χ1v) is 7.80. The SMILES string of the molecule is Cl.O=C(NCc1cc2n(n1)CCNC2)c1ccccc1-n1cncn1. The van der Waals surface area contributed by atoms with Crippen molar-refractivity contribution in [3.63, 3.8) is 0 Å². The molecule has 0 aliphatic carbocycles. The van der Waals surface area contributed by atoms with E-state index in [0.29, 0.717) is 17.8 Å². The predicted molar refractivity (Wildman–Crippen MR) is 93.7 cm³/mol. The Kier molecular flexibility index (Phi) is 5.11. The van der Waals surface area contributed by atoms with Crippen molar-refractivity contribution in [1.29, 1.82) is 0 Å². The summed E-state index contributed by atoms with van der Waals surface area (Å²) in [6.45, 7) is 2.99. The van der Waals surface area contributed by atoms with Gasteiger partial charge < -0.3 is 10.6 Å². The van der Waals surface area contributed by atoms with Crippen LogP contribution in [0, 0.1) is 0 Å². The van der Waals surface area contributed by atoms with Gasteiger partial charge in [-0.15, -0.1) is 12.4 Å². The fourth-order valence-corrected chi connectivity index (χ4v) is 2.80. The number of hydrogen-bond donors (Lipinski definition) is 2. The van der Waals surface area contributed by atoms with Crippen LogP contribution in [0.25, 0.3) is 5.69 Å². The predicted octanol–water partition coefficient (Wildman–Crippen LogP) is 0.919. The van der Waals surface area contributed by atoms with Gasteiger partial charge in [-0.05, 0) is 18.2 Å². The number of amides is 1. The van der Waals surface area contributed by atoms with E-state index < -0.39 is 0 Å². The van der Waals surface area contributed by atoms with Crippen LogP contribution in [0.1, 0.15) is 21.7 Å². The van der Waals surface area contributed by atoms with E-state index in [-0.39, 0.29) is 18.3 Å². The number of benzene rings is 1. The van der Waals surface area contributed by atoms with Gasteiger partial charge in [0.15, 0.2) is 0 Å². The normalized spacial score (nSPS) is 13.0. The summed E-state index contributed by atoms with van der Waals surface area (Å²) >= 11 is 0. The monoisotopic (exact) mass is 359 g/mol. The second-order valence-corrected chi connectivity index (χ2v) is 5.57. The average Bonchev–Trinajstić information content (AvgIpc) is 3.28. The molecule has 130 valence electrons. The third-order valence-corrected chi connectivity index (χ3v) is 3.96. The molecule has 25 heavy (non-hydrogen) atoms. The summed E-state index contributed by atoms with van der Waals surface area (Å²) in [6.07, 6.45) is 3.01. The van der Waals surface area contributed by atoms with Gasteiger partial charge in [0.1, 0.15) is 12.7 Å². The van der Waals surface area contributed by atoms with Crippen molar-refractivity contribution in [2.45, 2.75) is 19.6 Å². The molecule has 1 aliphatic heterocycles. The lowest BCUT2D eigenvalue weighted by Crippen LogP contribution is -2.28. The standard InChI is InChI=1S/C16H17N7O.ClH/c24-16(14-3-1-2-4-15(14)23-11-18-10-20-23)19-8-12-7-13-9-17-5-6-22(13)21-12;/h1-4,7,10-11,17H,5-6,8-9H2,(H,19,24);1H. The molecule has 3 aromatic rings. The van der Waals surface area contributed by atoms with Crippen molar-refractivity contribution >= 4 is 18.3 Å². The number of nitrogens with zero attached hydrogens (tertiary/aromatic N) is 5. The lowest BCUT2D eigenvalue weighted by molar-refractivity contribution is 0.0950. The summed E-state index contributed by atoms with van der Waals surface area (Å²) in [5, 5.41) is 14.9. The Morgan fingerprint density at radius 2 is 2.20 bits per heavy atom. The lowest BCUT2D eigenvalue weighted by atomic mass is 10.1. The number of carbonyl (C=O) groups is 1. The molecular formula is C16H18ClN7O. The van der Waals surface area contributed by atoms with Crippen molar-refractivity contribution in [2.75, 3.05) is 6.54 Å². The van der Waals surface area contributed by atoms with Crippen LogP contribution in [0.3, 0.4) is 0 Å². The maximum atomic E-state index is 12.6. The molecule has 0 saturated carbocycles. The Bertz CT molecular complexity index is 836. The summed E-state index contributed by atoms with van der Waals surface area (Å²) in [5.41, 5.74) is 3.25. The first-order valence-electron chi connectivity index (χ1n) is 7.80. The fraction of sp³-hybridized carbons (Fsp3) is 0.250. The molecule has 8 nitrogen and oxygen atoms in total. The molecule has 2 aromatic heterocycles. The molecule has 0 bridgehead atoms. The summed E-state index contributed by atoms with van der Waals surface area (Å²) < 4.78 is 3.57. The van der Waals surface area contributed by atoms with Gasteiger partial charge in [-0.25, -0.2) is 9.67 Å². The molecule has 3 heterocycles. The lowest BCUT2D eigenvalue weighted by Gasteiger charge is -2.13. The number of aromatic nitrogens is 5. The minimum atomic E-state index is -0.162. The molecule has 0 saturated heterocycles. The van der Waals surface area contributed by atoms with Crippen LogP contribution in [0.2, 0.25) is 0 Å². The highest BCUT2D eigenvalue weighted by molar-refractivity contribution is 5.97. The second-order valence-electron chi connectivity index (χ2n) is 5.57. The molecule has 1 aliphatic rings. The molecule has 1 aromatic carbocycles. The zero-order chi connectivity index (χ0) is 16.4. The van der Waals surface area contributed by atoms with Gasteiger partial charge in [0.25, 0.3) is 5.91 Å². The third-order valence-electron chi connectivity index (χ3n) is 3.96. The summed E-state index contributed by atoms with van der Waals surface area (Å²) in [4.78, 5) is 16.5. The van der Waals surface area contributed by atoms with Crippen molar-refractivity contribution in [2.24, 2.45) is 0 Å². The van der Waals surface area contributed by atoms with E-state index in [0.717, 1.165) is 31.0 Å². The highest BCUT2D eigenvalue weighted by Gasteiger charge is 2.15. The maximum Gasteiger partial charge on any atom is 0.253 e. The van der Waals surface area contributed by atoms with Crippen molar-refractivity contribution in [3.8, 4) is 5.69 Å². The molecule has 0 atom stereocenters. The van der Waals surface area contributed by atoms with Gasteiger partial charge in [0.2, 0.25) is 0 Å². The van der Waals surface area contributed by atoms with Gasteiger partial charge in [-0.3, -0.25) is 9.48 Å². The van der Waals surface area contributed by atoms with Gasteiger partial charge in [-0.1, -0.05) is 12.1 Å². The number of hydrogen-bond acceptors (Lipinski definition) is 5. The zero-order valence-corrected chi connectivity index (χ0v) is 14.2. The van der Waals surface area contributed by atoms with E-state index in [1.165, 1.54) is 6.33 Å². The Hall–Kier alpha value is -2.71. The first-order chi connectivity index (χ1) is 11.8. The van der Waals surface area contributed by atoms with Crippen LogP contribution < -0.4 is 10.6 Å². The van der Waals surface area contributed by atoms with Gasteiger partial charge in [-0.2, -0.15) is 10.2 Å². The number of nitrogens with one attached hydrogen (secondary N) is 2. The smallest absolute Gasteiger partial charge is 0.253 e. The number of carbonyl (C=O) groups excluding carboxylic acids is 1. The van der Waals surface area contributed by atoms with Crippen LogP contribution in [0.4, 0.5) is 0 Å². The second kappa shape index (κ2) is 7.45.